The molecule has 0 radical (unpaired) electrons. The first-order valence-corrected chi connectivity index (χ1v) is 5.55. The second-order valence-electron chi connectivity index (χ2n) is 4.68. The van der Waals surface area contributed by atoms with Crippen molar-refractivity contribution in [3.8, 4) is 0 Å². The van der Waals surface area contributed by atoms with Crippen LogP contribution in [0.5, 0.6) is 0 Å². The Morgan fingerprint density at radius 3 is 2.44 bits per heavy atom. The van der Waals surface area contributed by atoms with Crippen LogP contribution in [0.15, 0.2) is 0 Å². The van der Waals surface area contributed by atoms with Gasteiger partial charge in [-0.1, -0.05) is 19.8 Å². The van der Waals surface area contributed by atoms with Gasteiger partial charge in [0.15, 0.2) is 0 Å². The summed E-state index contributed by atoms with van der Waals surface area (Å²) in [6.07, 6.45) is 2.46. The van der Waals surface area contributed by atoms with Crippen LogP contribution in [0.4, 0.5) is 4.79 Å². The van der Waals surface area contributed by atoms with E-state index in [-0.39, 0.29) is 6.42 Å². The average Bonchev–Trinajstić information content (AvgIpc) is 2.12. The molecule has 0 aromatic rings. The van der Waals surface area contributed by atoms with Crippen molar-refractivity contribution in [2.24, 2.45) is 0 Å². The molecule has 5 heteroatoms. The molecule has 1 heterocycles. The minimum Gasteiger partial charge on any atom is -0.277 e. The maximum Gasteiger partial charge on any atom is 0.331 e. The highest BCUT2D eigenvalue weighted by molar-refractivity contribution is 6.14. The molecule has 1 aliphatic heterocycles. The van der Waals surface area contributed by atoms with Gasteiger partial charge in [0.2, 0.25) is 11.8 Å². The first-order chi connectivity index (χ1) is 7.38. The van der Waals surface area contributed by atoms with Gasteiger partial charge < -0.3 is 0 Å². The van der Waals surface area contributed by atoms with Gasteiger partial charge >= 0.3 is 6.03 Å². The van der Waals surface area contributed by atoms with E-state index in [0.717, 1.165) is 19.3 Å². The number of carbonyl (C=O) groups is 3. The van der Waals surface area contributed by atoms with Crippen molar-refractivity contribution in [3.05, 3.63) is 0 Å². The lowest BCUT2D eigenvalue weighted by Crippen LogP contribution is -2.60. The zero-order valence-electron chi connectivity index (χ0n) is 10.0. The third-order valence-electron chi connectivity index (χ3n) is 2.76. The van der Waals surface area contributed by atoms with E-state index in [2.05, 4.69) is 12.2 Å². The molecule has 0 aliphatic carbocycles. The van der Waals surface area contributed by atoms with E-state index >= 15 is 0 Å². The molecule has 0 unspecified atom stereocenters. The van der Waals surface area contributed by atoms with Gasteiger partial charge in [-0.15, -0.1) is 0 Å². The Hall–Kier alpha value is -1.39. The molecule has 5 nitrogen and oxygen atoms in total. The second-order valence-corrected chi connectivity index (χ2v) is 4.68. The Labute approximate surface area is 95.2 Å². The number of imide groups is 2. The van der Waals surface area contributed by atoms with Crippen LogP contribution in [0, 0.1) is 0 Å². The van der Waals surface area contributed by atoms with E-state index in [1.54, 1.807) is 0 Å². The van der Waals surface area contributed by atoms with Crippen molar-refractivity contribution in [3.63, 3.8) is 0 Å². The number of hydrogen-bond donors (Lipinski definition) is 1. The van der Waals surface area contributed by atoms with Gasteiger partial charge in [-0.25, -0.2) is 4.79 Å². The molecular weight excluding hydrogens is 208 g/mol. The van der Waals surface area contributed by atoms with Crippen molar-refractivity contribution in [1.29, 1.82) is 0 Å². The molecule has 0 saturated carbocycles. The van der Waals surface area contributed by atoms with Crippen LogP contribution in [0.25, 0.3) is 0 Å². The summed E-state index contributed by atoms with van der Waals surface area (Å²) in [6.45, 7) is 5.74. The monoisotopic (exact) mass is 226 g/mol. The van der Waals surface area contributed by atoms with E-state index in [4.69, 9.17) is 0 Å². The smallest absolute Gasteiger partial charge is 0.277 e. The first kappa shape index (κ1) is 12.7. The lowest BCUT2D eigenvalue weighted by atomic mass is 9.94. The number of carbonyl (C=O) groups excluding carboxylic acids is 3. The van der Waals surface area contributed by atoms with Crippen molar-refractivity contribution in [1.82, 2.24) is 10.2 Å². The molecule has 1 fully saturated rings. The maximum atomic E-state index is 11.7. The molecule has 0 aromatic carbocycles. The van der Waals surface area contributed by atoms with Crippen LogP contribution in [-0.2, 0) is 9.59 Å². The molecule has 1 rings (SSSR count). The van der Waals surface area contributed by atoms with Crippen LogP contribution in [-0.4, -0.2) is 28.3 Å². The highest BCUT2D eigenvalue weighted by atomic mass is 16.2. The van der Waals surface area contributed by atoms with E-state index in [9.17, 15) is 14.4 Å². The number of hydrogen-bond acceptors (Lipinski definition) is 3. The lowest BCUT2D eigenvalue weighted by molar-refractivity contribution is -0.139. The third kappa shape index (κ3) is 2.59. The second kappa shape index (κ2) is 4.63. The van der Waals surface area contributed by atoms with Gasteiger partial charge in [-0.3, -0.25) is 19.8 Å². The number of nitrogens with one attached hydrogen (secondary N) is 1. The Kier molecular flexibility index (Phi) is 3.67. The highest BCUT2D eigenvalue weighted by Gasteiger charge is 2.40. The first-order valence-electron chi connectivity index (χ1n) is 5.55. The predicted octanol–water partition coefficient (Wildman–Crippen LogP) is 1.42. The lowest BCUT2D eigenvalue weighted by Gasteiger charge is -2.38. The molecule has 1 aliphatic rings. The molecule has 0 bridgehead atoms. The van der Waals surface area contributed by atoms with Crippen LogP contribution in [0.1, 0.15) is 46.5 Å². The Balaban J connectivity index is 2.80. The Morgan fingerprint density at radius 2 is 1.94 bits per heavy atom. The standard InChI is InChI=1S/C11H18N2O3/c1-4-5-6-11(2,3)13-9(15)7-8(14)12-10(13)16/h4-7H2,1-3H3,(H,12,14,16). The number of unbranched alkanes of at least 4 members (excludes halogenated alkanes) is 1. The summed E-state index contributed by atoms with van der Waals surface area (Å²) >= 11 is 0. The van der Waals surface area contributed by atoms with Crippen LogP contribution in [0.2, 0.25) is 0 Å². The quantitative estimate of drug-likeness (QED) is 0.737. The van der Waals surface area contributed by atoms with E-state index in [1.165, 1.54) is 4.90 Å². The third-order valence-corrected chi connectivity index (χ3v) is 2.76. The normalized spacial score (nSPS) is 17.7. The predicted molar refractivity (Wildman–Crippen MR) is 58.6 cm³/mol. The van der Waals surface area contributed by atoms with Crippen molar-refractivity contribution in [2.45, 2.75) is 52.0 Å². The fraction of sp³-hybridized carbons (Fsp3) is 0.727. The molecule has 0 aromatic heterocycles. The Morgan fingerprint density at radius 1 is 1.31 bits per heavy atom. The van der Waals surface area contributed by atoms with Crippen LogP contribution < -0.4 is 5.32 Å². The zero-order valence-corrected chi connectivity index (χ0v) is 10.0. The molecular formula is C11H18N2O3. The Bertz CT molecular complexity index is 303. The van der Waals surface area contributed by atoms with Gasteiger partial charge in [-0.05, 0) is 20.3 Å². The SMILES string of the molecule is CCCCC(C)(C)N1C(=O)CC(=O)NC1=O. The molecule has 1 saturated heterocycles. The molecule has 90 valence electrons. The number of rotatable bonds is 4. The van der Waals surface area contributed by atoms with E-state index in [1.807, 2.05) is 13.8 Å². The summed E-state index contributed by atoms with van der Waals surface area (Å²) in [4.78, 5) is 35.4. The summed E-state index contributed by atoms with van der Waals surface area (Å²) < 4.78 is 0. The minimum absolute atomic E-state index is 0.235. The van der Waals surface area contributed by atoms with E-state index < -0.39 is 23.4 Å². The molecule has 1 N–H and O–H groups in total. The van der Waals surface area contributed by atoms with Crippen molar-refractivity contribution >= 4 is 17.8 Å². The van der Waals surface area contributed by atoms with Gasteiger partial charge in [0, 0.05) is 5.54 Å². The van der Waals surface area contributed by atoms with Gasteiger partial charge in [0.25, 0.3) is 0 Å². The summed E-state index contributed by atoms with van der Waals surface area (Å²) in [6, 6.07) is -0.595. The fourth-order valence-corrected chi connectivity index (χ4v) is 1.88. The summed E-state index contributed by atoms with van der Waals surface area (Å²) in [7, 11) is 0. The van der Waals surface area contributed by atoms with Crippen LogP contribution in [0.3, 0.4) is 0 Å². The van der Waals surface area contributed by atoms with Gasteiger partial charge in [-0.2, -0.15) is 0 Å². The minimum atomic E-state index is -0.595. The largest absolute Gasteiger partial charge is 0.331 e. The van der Waals surface area contributed by atoms with Crippen LogP contribution >= 0.6 is 0 Å². The highest BCUT2D eigenvalue weighted by Crippen LogP contribution is 2.24. The number of barbiturate groups is 1. The number of urea groups is 1. The molecule has 16 heavy (non-hydrogen) atoms. The molecule has 0 spiro atoms. The number of nitrogens with zero attached hydrogens (tertiary/aromatic N) is 1. The summed E-state index contributed by atoms with van der Waals surface area (Å²) in [5.41, 5.74) is -0.530. The van der Waals surface area contributed by atoms with Gasteiger partial charge in [0.05, 0.1) is 0 Å². The topological polar surface area (TPSA) is 66.5 Å². The van der Waals surface area contributed by atoms with E-state index in [0.29, 0.717) is 0 Å². The zero-order chi connectivity index (χ0) is 12.3. The fourth-order valence-electron chi connectivity index (χ4n) is 1.88. The average molecular weight is 226 g/mol. The van der Waals surface area contributed by atoms with Gasteiger partial charge in [0.1, 0.15) is 6.42 Å². The summed E-state index contributed by atoms with van der Waals surface area (Å²) in [5, 5.41) is 2.17. The molecule has 0 atom stereocenters. The number of amides is 4. The maximum absolute atomic E-state index is 11.7. The summed E-state index contributed by atoms with van der Waals surface area (Å²) in [5.74, 6) is -0.924. The molecule has 4 amide bonds. The van der Waals surface area contributed by atoms with Crippen molar-refractivity contribution in [2.75, 3.05) is 0 Å². The van der Waals surface area contributed by atoms with Crippen molar-refractivity contribution < 1.29 is 14.4 Å².